The minimum Gasteiger partial charge on any atom is -0.463 e. The summed E-state index contributed by atoms with van der Waals surface area (Å²) in [4.78, 5) is 36.5. The number of benzene rings is 1. The molecule has 0 saturated heterocycles. The summed E-state index contributed by atoms with van der Waals surface area (Å²) in [6.07, 6.45) is 0. The van der Waals surface area contributed by atoms with E-state index in [1.807, 2.05) is 0 Å². The molecule has 0 spiro atoms. The predicted octanol–water partition coefficient (Wildman–Crippen LogP) is 2.18. The summed E-state index contributed by atoms with van der Waals surface area (Å²) >= 11 is 3.33. The third-order valence-corrected chi connectivity index (χ3v) is 3.78. The fraction of sp³-hybridized carbons (Fsp3) is 0.312. The lowest BCUT2D eigenvalue weighted by Crippen LogP contribution is -2.48. The van der Waals surface area contributed by atoms with E-state index in [9.17, 15) is 14.4 Å². The van der Waals surface area contributed by atoms with Crippen LogP contribution in [0.4, 0.5) is 4.79 Å². The molecule has 128 valence electrons. The summed E-state index contributed by atoms with van der Waals surface area (Å²) in [6, 6.07) is 5.61. The molecule has 0 radical (unpaired) electrons. The van der Waals surface area contributed by atoms with Gasteiger partial charge in [-0.3, -0.25) is 0 Å². The fourth-order valence-electron chi connectivity index (χ4n) is 2.26. The highest BCUT2D eigenvalue weighted by Crippen LogP contribution is 2.29. The van der Waals surface area contributed by atoms with Crippen molar-refractivity contribution < 1.29 is 23.9 Å². The van der Waals surface area contributed by atoms with Crippen molar-refractivity contribution in [3.8, 4) is 0 Å². The summed E-state index contributed by atoms with van der Waals surface area (Å²) in [5.41, 5.74) is 0.446. The van der Waals surface area contributed by atoms with Crippen LogP contribution in [0.3, 0.4) is 0 Å². The van der Waals surface area contributed by atoms with Gasteiger partial charge in [0.15, 0.2) is 0 Å². The van der Waals surface area contributed by atoms with Crippen LogP contribution in [0.5, 0.6) is 0 Å². The minimum atomic E-state index is -0.815. The largest absolute Gasteiger partial charge is 0.463 e. The molecule has 1 aliphatic heterocycles. The van der Waals surface area contributed by atoms with Gasteiger partial charge in [0.1, 0.15) is 5.70 Å². The lowest BCUT2D eigenvalue weighted by Gasteiger charge is -2.28. The Morgan fingerprint density at radius 1 is 1.08 bits per heavy atom. The number of carbonyl (C=O) groups excluding carboxylic acids is 3. The normalized spacial score (nSPS) is 17.0. The van der Waals surface area contributed by atoms with Gasteiger partial charge in [0.05, 0.1) is 24.8 Å². The second-order valence-electron chi connectivity index (χ2n) is 4.81. The second-order valence-corrected chi connectivity index (χ2v) is 5.73. The van der Waals surface area contributed by atoms with Crippen LogP contribution in [0.1, 0.15) is 25.5 Å². The van der Waals surface area contributed by atoms with E-state index in [1.54, 1.807) is 38.1 Å². The van der Waals surface area contributed by atoms with Gasteiger partial charge in [0.2, 0.25) is 0 Å². The number of rotatable bonds is 5. The zero-order valence-corrected chi connectivity index (χ0v) is 14.8. The summed E-state index contributed by atoms with van der Waals surface area (Å²) in [5, 5.41) is 4.98. The minimum absolute atomic E-state index is 0.0113. The molecule has 7 nitrogen and oxygen atoms in total. The highest BCUT2D eigenvalue weighted by atomic mass is 79.9. The van der Waals surface area contributed by atoms with Gasteiger partial charge in [-0.2, -0.15) is 0 Å². The van der Waals surface area contributed by atoms with Crippen LogP contribution < -0.4 is 10.6 Å². The number of ether oxygens (including phenoxy) is 2. The number of carbonyl (C=O) groups is 3. The van der Waals surface area contributed by atoms with E-state index in [0.29, 0.717) is 5.56 Å². The zero-order chi connectivity index (χ0) is 17.7. The Kier molecular flexibility index (Phi) is 5.97. The molecule has 0 fully saturated rings. The lowest BCUT2D eigenvalue weighted by atomic mass is 9.95. The molecule has 24 heavy (non-hydrogen) atoms. The molecule has 0 bridgehead atoms. The van der Waals surface area contributed by atoms with E-state index in [4.69, 9.17) is 9.47 Å². The molecule has 0 aromatic heterocycles. The molecule has 2 rings (SSSR count). The number of esters is 2. The molecule has 1 aromatic rings. The van der Waals surface area contributed by atoms with E-state index in [1.165, 1.54) is 0 Å². The van der Waals surface area contributed by atoms with Crippen molar-refractivity contribution in [1.29, 1.82) is 0 Å². The smallest absolute Gasteiger partial charge is 0.355 e. The van der Waals surface area contributed by atoms with E-state index in [0.717, 1.165) is 4.47 Å². The molecule has 1 aliphatic rings. The molecule has 2 N–H and O–H groups in total. The fourth-order valence-corrected chi connectivity index (χ4v) is 2.53. The molecule has 1 aromatic carbocycles. The maximum absolute atomic E-state index is 12.4. The Morgan fingerprint density at radius 2 is 1.67 bits per heavy atom. The van der Waals surface area contributed by atoms with Crippen molar-refractivity contribution >= 4 is 33.9 Å². The van der Waals surface area contributed by atoms with Crippen LogP contribution in [0.15, 0.2) is 40.0 Å². The predicted molar refractivity (Wildman–Crippen MR) is 88.8 cm³/mol. The number of urea groups is 1. The number of hydrogen-bond donors (Lipinski definition) is 2. The molecule has 0 aliphatic carbocycles. The molecule has 8 heteroatoms. The highest BCUT2D eigenvalue weighted by Gasteiger charge is 2.37. The third kappa shape index (κ3) is 3.94. The average molecular weight is 397 g/mol. The van der Waals surface area contributed by atoms with Gasteiger partial charge >= 0.3 is 18.0 Å². The van der Waals surface area contributed by atoms with Gasteiger partial charge in [-0.1, -0.05) is 28.1 Å². The molecule has 1 atom stereocenters. The van der Waals surface area contributed by atoms with Crippen LogP contribution >= 0.6 is 15.9 Å². The zero-order valence-electron chi connectivity index (χ0n) is 13.2. The van der Waals surface area contributed by atoms with Gasteiger partial charge in [-0.05, 0) is 31.5 Å². The van der Waals surface area contributed by atoms with E-state index < -0.39 is 24.0 Å². The van der Waals surface area contributed by atoms with E-state index in [2.05, 4.69) is 26.6 Å². The molecule has 0 saturated carbocycles. The van der Waals surface area contributed by atoms with Gasteiger partial charge in [-0.15, -0.1) is 0 Å². The molecule has 2 amide bonds. The third-order valence-electron chi connectivity index (χ3n) is 3.25. The van der Waals surface area contributed by atoms with E-state index in [-0.39, 0.29) is 24.5 Å². The van der Waals surface area contributed by atoms with Crippen molar-refractivity contribution in [2.75, 3.05) is 13.2 Å². The molecule has 1 heterocycles. The first-order valence-electron chi connectivity index (χ1n) is 7.39. The summed E-state index contributed by atoms with van der Waals surface area (Å²) in [7, 11) is 0. The monoisotopic (exact) mass is 396 g/mol. The SMILES string of the molecule is CCOC(=O)C1=C(C(=O)OCC)C(c2ccc(Br)cc2)NC(=O)N1. The van der Waals surface area contributed by atoms with Crippen LogP contribution in [0, 0.1) is 0 Å². The van der Waals surface area contributed by atoms with Crippen molar-refractivity contribution in [1.82, 2.24) is 10.6 Å². The van der Waals surface area contributed by atoms with Crippen molar-refractivity contribution in [2.45, 2.75) is 19.9 Å². The quantitative estimate of drug-likeness (QED) is 0.743. The van der Waals surface area contributed by atoms with Gasteiger partial charge in [0, 0.05) is 4.47 Å². The van der Waals surface area contributed by atoms with Gasteiger partial charge in [-0.25, -0.2) is 14.4 Å². The maximum Gasteiger partial charge on any atom is 0.355 e. The van der Waals surface area contributed by atoms with Gasteiger partial charge < -0.3 is 20.1 Å². The Bertz CT molecular complexity index is 684. The first-order valence-corrected chi connectivity index (χ1v) is 8.18. The summed E-state index contributed by atoms with van der Waals surface area (Å²) < 4.78 is 10.8. The maximum atomic E-state index is 12.4. The first kappa shape index (κ1) is 18.0. The second kappa shape index (κ2) is 7.96. The molecular weight excluding hydrogens is 380 g/mol. The summed E-state index contributed by atoms with van der Waals surface area (Å²) in [5.74, 6) is -1.47. The van der Waals surface area contributed by atoms with Crippen LogP contribution in [0.25, 0.3) is 0 Å². The topological polar surface area (TPSA) is 93.7 Å². The van der Waals surface area contributed by atoms with Crippen molar-refractivity contribution in [3.63, 3.8) is 0 Å². The van der Waals surface area contributed by atoms with Gasteiger partial charge in [0.25, 0.3) is 0 Å². The Hall–Kier alpha value is -2.35. The summed E-state index contributed by atoms with van der Waals surface area (Å²) in [6.45, 7) is 3.55. The Balaban J connectivity index is 2.54. The van der Waals surface area contributed by atoms with E-state index >= 15 is 0 Å². The standard InChI is InChI=1S/C16H17BrN2O5/c1-3-23-14(20)11-12(9-5-7-10(17)8-6-9)18-16(22)19-13(11)15(21)24-4-2/h5-8,12H,3-4H2,1-2H3,(H2,18,19,22). The average Bonchev–Trinajstić information content (AvgIpc) is 2.55. The number of amides is 2. The van der Waals surface area contributed by atoms with Crippen molar-refractivity contribution in [2.24, 2.45) is 0 Å². The number of halogens is 1. The first-order chi connectivity index (χ1) is 11.5. The van der Waals surface area contributed by atoms with Crippen molar-refractivity contribution in [3.05, 3.63) is 45.6 Å². The Morgan fingerprint density at radius 3 is 2.25 bits per heavy atom. The Labute approximate surface area is 147 Å². The van der Waals surface area contributed by atoms with Crippen LogP contribution in [-0.2, 0) is 19.1 Å². The van der Waals surface area contributed by atoms with Crippen LogP contribution in [-0.4, -0.2) is 31.2 Å². The number of nitrogens with one attached hydrogen (secondary N) is 2. The number of hydrogen-bond acceptors (Lipinski definition) is 5. The highest BCUT2D eigenvalue weighted by molar-refractivity contribution is 9.10. The molecular formula is C16H17BrN2O5. The van der Waals surface area contributed by atoms with Crippen LogP contribution in [0.2, 0.25) is 0 Å². The molecule has 1 unspecified atom stereocenters. The lowest BCUT2D eigenvalue weighted by molar-refractivity contribution is -0.142.